The lowest BCUT2D eigenvalue weighted by Crippen LogP contribution is -2.28. The molecule has 0 spiro atoms. The number of nitrogens with zero attached hydrogens (tertiary/aromatic N) is 3. The maximum Gasteiger partial charge on any atom is 0.186 e. The molecular formula is C20H19N5O2S. The smallest absolute Gasteiger partial charge is 0.186 e. The third-order valence-corrected chi connectivity index (χ3v) is 4.47. The van der Waals surface area contributed by atoms with Gasteiger partial charge >= 0.3 is 0 Å². The maximum atomic E-state index is 5.71. The molecule has 142 valence electrons. The van der Waals surface area contributed by atoms with E-state index in [-0.39, 0.29) is 0 Å². The molecule has 4 rings (SSSR count). The van der Waals surface area contributed by atoms with Crippen molar-refractivity contribution in [3.8, 4) is 28.4 Å². The number of fused-ring (bicyclic) bond motifs is 1. The second kappa shape index (κ2) is 8.10. The van der Waals surface area contributed by atoms with Gasteiger partial charge in [0.25, 0.3) is 0 Å². The van der Waals surface area contributed by atoms with Crippen LogP contribution in [0.4, 0.5) is 0 Å². The zero-order valence-corrected chi connectivity index (χ0v) is 16.1. The highest BCUT2D eigenvalue weighted by Crippen LogP contribution is 2.35. The second-order valence-corrected chi connectivity index (χ2v) is 6.43. The van der Waals surface area contributed by atoms with Gasteiger partial charge in [-0.3, -0.25) is 5.43 Å². The molecule has 2 aromatic carbocycles. The van der Waals surface area contributed by atoms with Crippen LogP contribution >= 0.6 is 12.2 Å². The number of aromatic nitrogens is 2. The Labute approximate surface area is 168 Å². The minimum Gasteiger partial charge on any atom is -0.486 e. The largest absolute Gasteiger partial charge is 0.486 e. The molecule has 0 radical (unpaired) electrons. The van der Waals surface area contributed by atoms with Gasteiger partial charge in [-0.05, 0) is 42.5 Å². The van der Waals surface area contributed by atoms with Crippen molar-refractivity contribution in [2.45, 2.75) is 0 Å². The van der Waals surface area contributed by atoms with E-state index in [1.165, 1.54) is 0 Å². The summed E-state index contributed by atoms with van der Waals surface area (Å²) in [5.74, 6) is 1.46. The lowest BCUT2D eigenvalue weighted by molar-refractivity contribution is 0.171. The van der Waals surface area contributed by atoms with Crippen LogP contribution in [-0.4, -0.2) is 41.4 Å². The predicted octanol–water partition coefficient (Wildman–Crippen LogP) is 2.74. The van der Waals surface area contributed by atoms with Crippen LogP contribution in [0.25, 0.3) is 16.9 Å². The molecule has 1 aromatic heterocycles. The molecule has 0 amide bonds. The Morgan fingerprint density at radius 1 is 1.14 bits per heavy atom. The highest BCUT2D eigenvalue weighted by molar-refractivity contribution is 7.80. The van der Waals surface area contributed by atoms with E-state index in [4.69, 9.17) is 26.8 Å². The molecule has 2 N–H and O–H groups in total. The molecule has 1 aliphatic rings. The van der Waals surface area contributed by atoms with E-state index < -0.39 is 0 Å². The van der Waals surface area contributed by atoms with E-state index in [1.54, 1.807) is 13.3 Å². The van der Waals surface area contributed by atoms with E-state index in [9.17, 15) is 0 Å². The fourth-order valence-corrected chi connectivity index (χ4v) is 2.88. The predicted molar refractivity (Wildman–Crippen MR) is 112 cm³/mol. The highest BCUT2D eigenvalue weighted by Gasteiger charge is 2.16. The molecular weight excluding hydrogens is 374 g/mol. The van der Waals surface area contributed by atoms with Gasteiger partial charge in [0.05, 0.1) is 11.9 Å². The van der Waals surface area contributed by atoms with Gasteiger partial charge in [-0.25, -0.2) is 4.68 Å². The van der Waals surface area contributed by atoms with Gasteiger partial charge in [0.15, 0.2) is 16.6 Å². The molecule has 0 fully saturated rings. The van der Waals surface area contributed by atoms with E-state index in [1.807, 2.05) is 59.4 Å². The van der Waals surface area contributed by atoms with Gasteiger partial charge in [-0.1, -0.05) is 18.2 Å². The SMILES string of the molecule is CNC(=S)NN=Cc1cn(-c2ccccc2)nc1-c1ccc2c(c1)OCCO2. The molecule has 0 saturated heterocycles. The van der Waals surface area contributed by atoms with Gasteiger partial charge in [0, 0.05) is 24.4 Å². The van der Waals surface area contributed by atoms with E-state index in [0.717, 1.165) is 34.0 Å². The van der Waals surface area contributed by atoms with Crippen LogP contribution in [0, 0.1) is 0 Å². The summed E-state index contributed by atoms with van der Waals surface area (Å²) in [6, 6.07) is 15.7. The molecule has 7 nitrogen and oxygen atoms in total. The fraction of sp³-hybridized carbons (Fsp3) is 0.150. The summed E-state index contributed by atoms with van der Waals surface area (Å²) in [7, 11) is 1.74. The summed E-state index contributed by atoms with van der Waals surface area (Å²) in [5, 5.41) is 12.2. The van der Waals surface area contributed by atoms with Gasteiger partial charge < -0.3 is 14.8 Å². The molecule has 3 aromatic rings. The number of nitrogens with one attached hydrogen (secondary N) is 2. The molecule has 0 bridgehead atoms. The molecule has 0 atom stereocenters. The van der Waals surface area contributed by atoms with Gasteiger partial charge in [0.1, 0.15) is 18.9 Å². The monoisotopic (exact) mass is 393 g/mol. The number of rotatable bonds is 4. The quantitative estimate of drug-likeness (QED) is 0.403. The molecule has 2 heterocycles. The van der Waals surface area contributed by atoms with Crippen LogP contribution in [0.2, 0.25) is 0 Å². The zero-order chi connectivity index (χ0) is 19.3. The average molecular weight is 393 g/mol. The summed E-state index contributed by atoms with van der Waals surface area (Å²) in [6.07, 6.45) is 3.62. The van der Waals surface area contributed by atoms with Crippen molar-refractivity contribution in [1.82, 2.24) is 20.5 Å². The first kappa shape index (κ1) is 18.0. The Balaban J connectivity index is 1.74. The normalized spacial score (nSPS) is 12.8. The highest BCUT2D eigenvalue weighted by atomic mass is 32.1. The molecule has 1 aliphatic heterocycles. The van der Waals surface area contributed by atoms with Gasteiger partial charge in [-0.15, -0.1) is 0 Å². The van der Waals surface area contributed by atoms with Crippen molar-refractivity contribution in [1.29, 1.82) is 0 Å². The molecule has 0 unspecified atom stereocenters. The van der Waals surface area contributed by atoms with E-state index in [2.05, 4.69) is 15.8 Å². The van der Waals surface area contributed by atoms with Crippen molar-refractivity contribution in [2.75, 3.05) is 20.3 Å². The molecule has 28 heavy (non-hydrogen) atoms. The standard InChI is InChI=1S/C20H19N5O2S/c1-21-20(28)23-22-12-15-13-25(16-5-3-2-4-6-16)24-19(15)14-7-8-17-18(11-14)27-10-9-26-17/h2-8,11-13H,9-10H2,1H3,(H2,21,23,28). The van der Waals surface area contributed by atoms with Crippen molar-refractivity contribution in [3.63, 3.8) is 0 Å². The minimum atomic E-state index is 0.438. The zero-order valence-electron chi connectivity index (χ0n) is 15.3. The summed E-state index contributed by atoms with van der Waals surface area (Å²) < 4.78 is 13.2. The van der Waals surface area contributed by atoms with Crippen LogP contribution in [0.5, 0.6) is 11.5 Å². The van der Waals surface area contributed by atoms with Crippen molar-refractivity contribution in [3.05, 3.63) is 60.3 Å². The Bertz CT molecular complexity index is 1020. The number of benzene rings is 2. The number of thiocarbonyl (C=S) groups is 1. The lowest BCUT2D eigenvalue weighted by Gasteiger charge is -2.18. The number of ether oxygens (including phenoxy) is 2. The summed E-state index contributed by atoms with van der Waals surface area (Å²) in [6.45, 7) is 1.10. The number of hydrazone groups is 1. The maximum absolute atomic E-state index is 5.71. The molecule has 8 heteroatoms. The Morgan fingerprint density at radius 3 is 2.71 bits per heavy atom. The molecule has 0 aliphatic carbocycles. The summed E-state index contributed by atoms with van der Waals surface area (Å²) in [4.78, 5) is 0. The average Bonchev–Trinajstić information content (AvgIpc) is 3.18. The van der Waals surface area contributed by atoms with Crippen LogP contribution in [0.1, 0.15) is 5.56 Å². The number of hydrogen-bond donors (Lipinski definition) is 2. The van der Waals surface area contributed by atoms with Crippen LogP contribution in [-0.2, 0) is 0 Å². The van der Waals surface area contributed by atoms with Crippen molar-refractivity contribution in [2.24, 2.45) is 5.10 Å². The second-order valence-electron chi connectivity index (χ2n) is 6.02. The third-order valence-electron chi connectivity index (χ3n) is 4.18. The Morgan fingerprint density at radius 2 is 1.93 bits per heavy atom. The molecule has 0 saturated carbocycles. The van der Waals surface area contributed by atoms with Crippen LogP contribution < -0.4 is 20.2 Å². The van der Waals surface area contributed by atoms with Crippen molar-refractivity contribution >= 4 is 23.5 Å². The first-order chi connectivity index (χ1) is 13.7. The third kappa shape index (κ3) is 3.81. The minimum absolute atomic E-state index is 0.438. The Kier molecular flexibility index (Phi) is 5.20. The van der Waals surface area contributed by atoms with E-state index in [0.29, 0.717) is 18.3 Å². The topological polar surface area (TPSA) is 72.7 Å². The van der Waals surface area contributed by atoms with Crippen molar-refractivity contribution < 1.29 is 9.47 Å². The van der Waals surface area contributed by atoms with E-state index >= 15 is 0 Å². The number of hydrogen-bond acceptors (Lipinski definition) is 5. The summed E-state index contributed by atoms with van der Waals surface area (Å²) >= 11 is 5.06. The van der Waals surface area contributed by atoms with Crippen LogP contribution in [0.3, 0.4) is 0 Å². The summed E-state index contributed by atoms with van der Waals surface area (Å²) in [5.41, 5.74) is 6.26. The van der Waals surface area contributed by atoms with Gasteiger partial charge in [0.2, 0.25) is 0 Å². The first-order valence-corrected chi connectivity index (χ1v) is 9.21. The number of para-hydroxylation sites is 1. The van der Waals surface area contributed by atoms with Crippen LogP contribution in [0.15, 0.2) is 59.8 Å². The van der Waals surface area contributed by atoms with Gasteiger partial charge in [-0.2, -0.15) is 10.2 Å². The fourth-order valence-electron chi connectivity index (χ4n) is 2.83. The Hall–Kier alpha value is -3.39. The first-order valence-electron chi connectivity index (χ1n) is 8.80. The lowest BCUT2D eigenvalue weighted by atomic mass is 10.1.